The number of hydrogen-bond donors (Lipinski definition) is 0. The average Bonchev–Trinajstić information content (AvgIpc) is 2.75. The second-order valence-electron chi connectivity index (χ2n) is 5.84. The van der Waals surface area contributed by atoms with Crippen molar-refractivity contribution in [1.82, 2.24) is 24.6 Å². The predicted octanol–water partition coefficient (Wildman–Crippen LogP) is 0.822. The Morgan fingerprint density at radius 1 is 1.19 bits per heavy atom. The number of aryl methyl sites for hydroxylation is 2. The first-order valence-electron chi connectivity index (χ1n) is 7.30. The van der Waals surface area contributed by atoms with Crippen LogP contribution in [-0.4, -0.2) is 63.7 Å². The van der Waals surface area contributed by atoms with Crippen molar-refractivity contribution in [2.45, 2.75) is 20.4 Å². The maximum absolute atomic E-state index is 12.5. The van der Waals surface area contributed by atoms with Crippen LogP contribution in [0, 0.1) is 13.8 Å². The third-order valence-corrected chi connectivity index (χ3v) is 4.09. The van der Waals surface area contributed by atoms with Gasteiger partial charge in [-0.15, -0.1) is 5.10 Å². The Balaban J connectivity index is 1.81. The lowest BCUT2D eigenvalue weighted by molar-refractivity contribution is -0.133. The Morgan fingerprint density at radius 3 is 2.62 bits per heavy atom. The Kier molecular flexibility index (Phi) is 3.63. The van der Waals surface area contributed by atoms with Crippen LogP contribution in [0.3, 0.4) is 0 Å². The Hall–Kier alpha value is -1.95. The lowest BCUT2D eigenvalue weighted by Crippen LogP contribution is -2.48. The van der Waals surface area contributed by atoms with Crippen LogP contribution in [0.4, 0.5) is 0 Å². The molecule has 6 heteroatoms. The Labute approximate surface area is 124 Å². The molecule has 1 saturated heterocycles. The molecule has 1 aliphatic heterocycles. The second-order valence-corrected chi connectivity index (χ2v) is 5.84. The van der Waals surface area contributed by atoms with Gasteiger partial charge in [-0.3, -0.25) is 4.79 Å². The lowest BCUT2D eigenvalue weighted by Gasteiger charge is -2.32. The van der Waals surface area contributed by atoms with E-state index >= 15 is 0 Å². The van der Waals surface area contributed by atoms with Gasteiger partial charge in [0.15, 0.2) is 0 Å². The summed E-state index contributed by atoms with van der Waals surface area (Å²) >= 11 is 0. The van der Waals surface area contributed by atoms with Crippen molar-refractivity contribution in [2.24, 2.45) is 0 Å². The summed E-state index contributed by atoms with van der Waals surface area (Å²) in [5.41, 5.74) is 3.80. The number of nitrogens with zero attached hydrogens (tertiary/aromatic N) is 5. The third-order valence-electron chi connectivity index (χ3n) is 4.09. The highest BCUT2D eigenvalue weighted by Crippen LogP contribution is 2.18. The molecule has 3 rings (SSSR count). The molecule has 0 saturated carbocycles. The van der Waals surface area contributed by atoms with E-state index in [4.69, 9.17) is 0 Å². The van der Waals surface area contributed by atoms with Crippen LogP contribution in [-0.2, 0) is 11.3 Å². The SMILES string of the molecule is Cc1cc2c(nn1)c(C)cn2CC(=O)N1CCN(C)CC1. The Bertz CT molecular complexity index is 670. The second kappa shape index (κ2) is 5.44. The topological polar surface area (TPSA) is 54.3 Å². The van der Waals surface area contributed by atoms with Crippen LogP contribution in [0.1, 0.15) is 11.3 Å². The quantitative estimate of drug-likeness (QED) is 0.821. The van der Waals surface area contributed by atoms with Gasteiger partial charge >= 0.3 is 0 Å². The minimum atomic E-state index is 0.175. The van der Waals surface area contributed by atoms with Gasteiger partial charge in [-0.25, -0.2) is 0 Å². The standard InChI is InChI=1S/C15H21N5O/c1-11-9-20(13-8-12(2)16-17-15(11)13)10-14(21)19-6-4-18(3)5-7-19/h8-9H,4-7,10H2,1-3H3. The molecule has 1 aliphatic rings. The van der Waals surface area contributed by atoms with Gasteiger partial charge in [0.25, 0.3) is 0 Å². The summed E-state index contributed by atoms with van der Waals surface area (Å²) in [4.78, 5) is 16.7. The number of carbonyl (C=O) groups is 1. The predicted molar refractivity (Wildman–Crippen MR) is 81.1 cm³/mol. The van der Waals surface area contributed by atoms with Gasteiger partial charge in [0.05, 0.1) is 11.2 Å². The number of rotatable bonds is 2. The molecule has 2 aromatic rings. The summed E-state index contributed by atoms with van der Waals surface area (Å²) in [6.45, 7) is 7.81. The van der Waals surface area contributed by atoms with Crippen LogP contribution in [0.15, 0.2) is 12.3 Å². The van der Waals surface area contributed by atoms with Gasteiger partial charge in [-0.1, -0.05) is 0 Å². The van der Waals surface area contributed by atoms with Gasteiger partial charge in [0, 0.05) is 32.4 Å². The van der Waals surface area contributed by atoms with E-state index in [1.165, 1.54) is 0 Å². The summed E-state index contributed by atoms with van der Waals surface area (Å²) < 4.78 is 1.99. The van der Waals surface area contributed by atoms with Crippen molar-refractivity contribution >= 4 is 16.9 Å². The summed E-state index contributed by atoms with van der Waals surface area (Å²) in [6, 6.07) is 1.99. The first kappa shape index (κ1) is 14.0. The fourth-order valence-electron chi connectivity index (χ4n) is 2.77. The Morgan fingerprint density at radius 2 is 1.90 bits per heavy atom. The molecule has 2 aromatic heterocycles. The van der Waals surface area contributed by atoms with Crippen molar-refractivity contribution < 1.29 is 4.79 Å². The van der Waals surface area contributed by atoms with Crippen LogP contribution < -0.4 is 0 Å². The van der Waals surface area contributed by atoms with E-state index in [-0.39, 0.29) is 5.91 Å². The van der Waals surface area contributed by atoms with Gasteiger partial charge in [-0.05, 0) is 32.5 Å². The zero-order valence-electron chi connectivity index (χ0n) is 12.8. The maximum Gasteiger partial charge on any atom is 0.242 e. The molecular formula is C15H21N5O. The largest absolute Gasteiger partial charge is 0.339 e. The number of fused-ring (bicyclic) bond motifs is 1. The summed E-state index contributed by atoms with van der Waals surface area (Å²) in [6.07, 6.45) is 1.99. The number of amides is 1. The first-order valence-corrected chi connectivity index (χ1v) is 7.30. The van der Waals surface area contributed by atoms with Gasteiger partial charge < -0.3 is 14.4 Å². The van der Waals surface area contributed by atoms with E-state index in [1.807, 2.05) is 35.6 Å². The number of piperazine rings is 1. The normalized spacial score (nSPS) is 16.6. The highest BCUT2D eigenvalue weighted by atomic mass is 16.2. The molecule has 0 bridgehead atoms. The van der Waals surface area contributed by atoms with E-state index in [9.17, 15) is 4.79 Å². The molecule has 112 valence electrons. The molecule has 0 spiro atoms. The monoisotopic (exact) mass is 287 g/mol. The van der Waals surface area contributed by atoms with Crippen LogP contribution in [0.2, 0.25) is 0 Å². The fourth-order valence-corrected chi connectivity index (χ4v) is 2.77. The van der Waals surface area contributed by atoms with Crippen LogP contribution in [0.5, 0.6) is 0 Å². The van der Waals surface area contributed by atoms with E-state index in [0.717, 1.165) is 48.5 Å². The van der Waals surface area contributed by atoms with E-state index in [2.05, 4.69) is 22.1 Å². The fraction of sp³-hybridized carbons (Fsp3) is 0.533. The summed E-state index contributed by atoms with van der Waals surface area (Å²) in [5, 5.41) is 8.32. The van der Waals surface area contributed by atoms with Gasteiger partial charge in [0.1, 0.15) is 12.1 Å². The molecule has 0 aromatic carbocycles. The molecule has 0 unspecified atom stereocenters. The highest BCUT2D eigenvalue weighted by Gasteiger charge is 2.20. The number of aromatic nitrogens is 3. The highest BCUT2D eigenvalue weighted by molar-refractivity contribution is 5.83. The van der Waals surface area contributed by atoms with Crippen LogP contribution >= 0.6 is 0 Å². The molecule has 0 atom stereocenters. The molecule has 21 heavy (non-hydrogen) atoms. The number of likely N-dealkylation sites (N-methyl/N-ethyl adjacent to an activating group) is 1. The molecule has 3 heterocycles. The summed E-state index contributed by atoms with van der Waals surface area (Å²) in [7, 11) is 2.09. The lowest BCUT2D eigenvalue weighted by atomic mass is 10.3. The van der Waals surface area contributed by atoms with Gasteiger partial charge in [-0.2, -0.15) is 5.10 Å². The average molecular weight is 287 g/mol. The molecule has 0 aliphatic carbocycles. The van der Waals surface area contributed by atoms with E-state index in [1.54, 1.807) is 0 Å². The maximum atomic E-state index is 12.5. The van der Waals surface area contributed by atoms with Crippen molar-refractivity contribution in [3.63, 3.8) is 0 Å². The molecule has 1 fully saturated rings. The molecule has 0 radical (unpaired) electrons. The smallest absolute Gasteiger partial charge is 0.242 e. The minimum Gasteiger partial charge on any atom is -0.339 e. The summed E-state index contributed by atoms with van der Waals surface area (Å²) in [5.74, 6) is 0.175. The van der Waals surface area contributed by atoms with Crippen molar-refractivity contribution in [3.8, 4) is 0 Å². The van der Waals surface area contributed by atoms with E-state index < -0.39 is 0 Å². The molecular weight excluding hydrogens is 266 g/mol. The van der Waals surface area contributed by atoms with E-state index in [0.29, 0.717) is 6.54 Å². The molecule has 6 nitrogen and oxygen atoms in total. The zero-order chi connectivity index (χ0) is 15.0. The van der Waals surface area contributed by atoms with Crippen LogP contribution in [0.25, 0.3) is 11.0 Å². The van der Waals surface area contributed by atoms with Crippen molar-refractivity contribution in [1.29, 1.82) is 0 Å². The third kappa shape index (κ3) is 2.76. The first-order chi connectivity index (χ1) is 10.0. The van der Waals surface area contributed by atoms with Crippen molar-refractivity contribution in [2.75, 3.05) is 33.2 Å². The molecule has 1 amide bonds. The number of carbonyl (C=O) groups excluding carboxylic acids is 1. The number of hydrogen-bond acceptors (Lipinski definition) is 4. The molecule has 0 N–H and O–H groups in total. The van der Waals surface area contributed by atoms with Crippen molar-refractivity contribution in [3.05, 3.63) is 23.5 Å². The van der Waals surface area contributed by atoms with Gasteiger partial charge in [0.2, 0.25) is 5.91 Å². The minimum absolute atomic E-state index is 0.175. The zero-order valence-corrected chi connectivity index (χ0v) is 12.8.